The van der Waals surface area contributed by atoms with Crippen LogP contribution in [0.2, 0.25) is 0 Å². The summed E-state index contributed by atoms with van der Waals surface area (Å²) in [4.78, 5) is 4.37. The third-order valence-electron chi connectivity index (χ3n) is 2.24. The average molecular weight is 263 g/mol. The number of hydrogen-bond acceptors (Lipinski definition) is 2. The zero-order chi connectivity index (χ0) is 7.84. The van der Waals surface area contributed by atoms with Crippen molar-refractivity contribution in [3.63, 3.8) is 0 Å². The van der Waals surface area contributed by atoms with Crippen LogP contribution in [0.25, 0.3) is 0 Å². The van der Waals surface area contributed by atoms with Crippen LogP contribution in [0.3, 0.4) is 0 Å². The van der Waals surface area contributed by atoms with Gasteiger partial charge in [-0.3, -0.25) is 4.68 Å². The highest BCUT2D eigenvalue weighted by Gasteiger charge is 2.24. The Morgan fingerprint density at radius 2 is 2.27 bits per heavy atom. The van der Waals surface area contributed by atoms with Crippen molar-refractivity contribution in [2.75, 3.05) is 0 Å². The first-order valence-electron chi connectivity index (χ1n) is 3.84. The fraction of sp³-hybridized carbons (Fsp3) is 0.714. The van der Waals surface area contributed by atoms with Crippen molar-refractivity contribution in [1.82, 2.24) is 14.8 Å². The van der Waals surface area contributed by atoms with E-state index in [4.69, 9.17) is 0 Å². The summed E-state index contributed by atoms with van der Waals surface area (Å²) in [6.45, 7) is 0. The molecular weight excluding hydrogens is 253 g/mol. The smallest absolute Gasteiger partial charge is 0.211 e. The van der Waals surface area contributed by atoms with Crippen LogP contribution in [0.15, 0.2) is 0 Å². The minimum absolute atomic E-state index is 0.691. The number of hydrogen-bond donors (Lipinski definition) is 0. The largest absolute Gasteiger partial charge is 0.252 e. The zero-order valence-corrected chi connectivity index (χ0v) is 8.58. The maximum Gasteiger partial charge on any atom is 0.211 e. The van der Waals surface area contributed by atoms with Gasteiger partial charge in [-0.1, -0.05) is 6.42 Å². The van der Waals surface area contributed by atoms with Crippen LogP contribution < -0.4 is 0 Å². The van der Waals surface area contributed by atoms with Crippen LogP contribution >= 0.6 is 22.6 Å². The van der Waals surface area contributed by atoms with Crippen LogP contribution in [0.5, 0.6) is 0 Å². The van der Waals surface area contributed by atoms with Crippen molar-refractivity contribution in [3.8, 4) is 0 Å². The number of halogens is 1. The predicted octanol–water partition coefficient (Wildman–Crippen LogP) is 1.69. The van der Waals surface area contributed by atoms with E-state index in [0.29, 0.717) is 5.92 Å². The van der Waals surface area contributed by atoms with Crippen LogP contribution in [0.1, 0.15) is 31.0 Å². The monoisotopic (exact) mass is 263 g/mol. The molecule has 1 aromatic rings. The van der Waals surface area contributed by atoms with Gasteiger partial charge in [0, 0.05) is 35.6 Å². The number of rotatable bonds is 1. The van der Waals surface area contributed by atoms with Crippen molar-refractivity contribution in [1.29, 1.82) is 0 Å². The molecule has 3 nitrogen and oxygen atoms in total. The fourth-order valence-corrected chi connectivity index (χ4v) is 1.96. The maximum absolute atomic E-state index is 4.37. The van der Waals surface area contributed by atoms with Crippen LogP contribution in [-0.2, 0) is 7.05 Å². The Balaban J connectivity index is 2.28. The summed E-state index contributed by atoms with van der Waals surface area (Å²) < 4.78 is 2.78. The van der Waals surface area contributed by atoms with E-state index in [2.05, 4.69) is 32.7 Å². The molecule has 60 valence electrons. The fourth-order valence-electron chi connectivity index (χ4n) is 1.39. The van der Waals surface area contributed by atoms with E-state index in [1.807, 2.05) is 11.7 Å². The predicted molar refractivity (Wildman–Crippen MR) is 50.3 cm³/mol. The highest BCUT2D eigenvalue weighted by molar-refractivity contribution is 14.1. The molecule has 0 radical (unpaired) electrons. The topological polar surface area (TPSA) is 30.7 Å². The Kier molecular flexibility index (Phi) is 1.86. The third-order valence-corrected chi connectivity index (χ3v) is 2.70. The van der Waals surface area contributed by atoms with Crippen molar-refractivity contribution in [2.24, 2.45) is 7.05 Å². The Morgan fingerprint density at radius 1 is 1.55 bits per heavy atom. The SMILES string of the molecule is Cn1nc(I)nc1C1CCC1. The lowest BCUT2D eigenvalue weighted by Crippen LogP contribution is -2.14. The summed E-state index contributed by atoms with van der Waals surface area (Å²) in [5.74, 6) is 1.86. The highest BCUT2D eigenvalue weighted by Crippen LogP contribution is 2.34. The molecule has 1 aliphatic rings. The normalized spacial score (nSPS) is 18.4. The third kappa shape index (κ3) is 1.28. The van der Waals surface area contributed by atoms with Crippen LogP contribution in [0, 0.1) is 3.83 Å². The summed E-state index contributed by atoms with van der Waals surface area (Å²) in [5.41, 5.74) is 0. The van der Waals surface area contributed by atoms with E-state index >= 15 is 0 Å². The standard InChI is InChI=1S/C7H10IN3/c1-11-6(5-3-2-4-5)9-7(8)10-11/h5H,2-4H2,1H3. The molecule has 1 saturated carbocycles. The molecule has 0 amide bonds. The Hall–Kier alpha value is -0.130. The minimum Gasteiger partial charge on any atom is -0.252 e. The Bertz CT molecular complexity index is 265. The first-order chi connectivity index (χ1) is 5.27. The van der Waals surface area contributed by atoms with Gasteiger partial charge in [-0.15, -0.1) is 5.10 Å². The van der Waals surface area contributed by atoms with Crippen LogP contribution in [0.4, 0.5) is 0 Å². The molecular formula is C7H10IN3. The molecule has 0 N–H and O–H groups in total. The second kappa shape index (κ2) is 2.73. The summed E-state index contributed by atoms with van der Waals surface area (Å²) in [6.07, 6.45) is 3.94. The van der Waals surface area contributed by atoms with E-state index in [0.717, 1.165) is 3.83 Å². The summed E-state index contributed by atoms with van der Waals surface area (Å²) in [6, 6.07) is 0. The molecule has 1 aliphatic carbocycles. The van der Waals surface area contributed by atoms with Crippen molar-refractivity contribution in [2.45, 2.75) is 25.2 Å². The number of nitrogens with zero attached hydrogens (tertiary/aromatic N) is 3. The molecule has 11 heavy (non-hydrogen) atoms. The molecule has 0 aliphatic heterocycles. The van der Waals surface area contributed by atoms with E-state index < -0.39 is 0 Å². The Labute approximate surface area is 79.3 Å². The van der Waals surface area contributed by atoms with Crippen molar-refractivity contribution < 1.29 is 0 Å². The van der Waals surface area contributed by atoms with Gasteiger partial charge in [-0.2, -0.15) is 0 Å². The van der Waals surface area contributed by atoms with Gasteiger partial charge >= 0.3 is 0 Å². The van der Waals surface area contributed by atoms with Gasteiger partial charge in [0.15, 0.2) is 0 Å². The maximum atomic E-state index is 4.37. The molecule has 0 saturated heterocycles. The van der Waals surface area contributed by atoms with Gasteiger partial charge in [0.05, 0.1) is 0 Å². The van der Waals surface area contributed by atoms with E-state index in [-0.39, 0.29) is 0 Å². The molecule has 2 rings (SSSR count). The van der Waals surface area contributed by atoms with Gasteiger partial charge in [0.25, 0.3) is 0 Å². The van der Waals surface area contributed by atoms with Gasteiger partial charge in [0.1, 0.15) is 5.82 Å². The molecule has 1 aromatic heterocycles. The molecule has 0 spiro atoms. The average Bonchev–Trinajstić information content (AvgIpc) is 2.07. The quantitative estimate of drug-likeness (QED) is 0.722. The molecule has 0 unspecified atom stereocenters. The highest BCUT2D eigenvalue weighted by atomic mass is 127. The van der Waals surface area contributed by atoms with Crippen molar-refractivity contribution in [3.05, 3.63) is 9.66 Å². The second-order valence-corrected chi connectivity index (χ2v) is 3.96. The number of aromatic nitrogens is 3. The summed E-state index contributed by atoms with van der Waals surface area (Å²) in [5, 5.41) is 4.21. The second-order valence-electron chi connectivity index (χ2n) is 2.99. The molecule has 0 aromatic carbocycles. The lowest BCUT2D eigenvalue weighted by Gasteiger charge is -2.23. The van der Waals surface area contributed by atoms with Gasteiger partial charge < -0.3 is 0 Å². The van der Waals surface area contributed by atoms with E-state index in [1.54, 1.807) is 0 Å². The first kappa shape index (κ1) is 7.52. The lowest BCUT2D eigenvalue weighted by molar-refractivity contribution is 0.388. The van der Waals surface area contributed by atoms with Crippen molar-refractivity contribution >= 4 is 22.6 Å². The van der Waals surface area contributed by atoms with Crippen LogP contribution in [-0.4, -0.2) is 14.8 Å². The summed E-state index contributed by atoms with van der Waals surface area (Å²) in [7, 11) is 1.98. The molecule has 0 bridgehead atoms. The minimum atomic E-state index is 0.691. The summed E-state index contributed by atoms with van der Waals surface area (Å²) >= 11 is 2.16. The number of aryl methyl sites for hydroxylation is 1. The zero-order valence-electron chi connectivity index (χ0n) is 6.42. The van der Waals surface area contributed by atoms with Gasteiger partial charge in [-0.05, 0) is 12.8 Å². The lowest BCUT2D eigenvalue weighted by atomic mass is 9.85. The van der Waals surface area contributed by atoms with Gasteiger partial charge in [0.2, 0.25) is 3.83 Å². The van der Waals surface area contributed by atoms with E-state index in [1.165, 1.54) is 25.1 Å². The Morgan fingerprint density at radius 3 is 2.64 bits per heavy atom. The first-order valence-corrected chi connectivity index (χ1v) is 4.91. The molecule has 0 atom stereocenters. The molecule has 4 heteroatoms. The molecule has 1 fully saturated rings. The van der Waals surface area contributed by atoms with Gasteiger partial charge in [-0.25, -0.2) is 4.98 Å². The van der Waals surface area contributed by atoms with E-state index in [9.17, 15) is 0 Å². The molecule has 1 heterocycles.